The van der Waals surface area contributed by atoms with Crippen molar-refractivity contribution in [3.8, 4) is 11.1 Å². The first-order valence-corrected chi connectivity index (χ1v) is 15.4. The van der Waals surface area contributed by atoms with E-state index in [1.54, 1.807) is 24.3 Å². The standard InChI is InChI=1S/C35H34BCl2NO3/c1-34(2)12-13-35(3,20-41-36(40)24-6-10-26(38)11-7-24)30-17-31-28(16-29(30)34)33-27(23-18-39-19-23)14-22(15-32(33)42-31)21-4-8-25(37)9-5-21/h4-11,14-17,23,39-40H,12-13,18-20H2,1-3H3. The van der Waals surface area contributed by atoms with E-state index in [-0.39, 0.29) is 10.8 Å². The molecule has 5 aromatic rings. The molecular formula is C35H34BCl2NO3. The van der Waals surface area contributed by atoms with Crippen LogP contribution in [0.15, 0.2) is 77.2 Å². The third-order valence-corrected chi connectivity index (χ3v) is 10.0. The lowest BCUT2D eigenvalue weighted by molar-refractivity contribution is 0.171. The lowest BCUT2D eigenvalue weighted by Crippen LogP contribution is -2.43. The minimum atomic E-state index is -1.02. The maximum absolute atomic E-state index is 10.8. The van der Waals surface area contributed by atoms with Gasteiger partial charge in [0.05, 0.1) is 0 Å². The van der Waals surface area contributed by atoms with Crippen LogP contribution in [0.2, 0.25) is 10.0 Å². The molecule has 1 aliphatic carbocycles. The molecule has 2 aliphatic rings. The van der Waals surface area contributed by atoms with Crippen molar-refractivity contribution in [1.29, 1.82) is 0 Å². The van der Waals surface area contributed by atoms with E-state index in [1.807, 2.05) is 12.1 Å². The third kappa shape index (κ3) is 4.86. The van der Waals surface area contributed by atoms with Gasteiger partial charge in [-0.2, -0.15) is 0 Å². The Bertz CT molecular complexity index is 1790. The second-order valence-corrected chi connectivity index (χ2v) is 13.8. The molecule has 0 bridgehead atoms. The normalized spacial score (nSPS) is 20.0. The molecule has 1 unspecified atom stereocenters. The van der Waals surface area contributed by atoms with Crippen molar-refractivity contribution in [2.75, 3.05) is 19.7 Å². The summed E-state index contributed by atoms with van der Waals surface area (Å²) in [6, 6.07) is 24.3. The van der Waals surface area contributed by atoms with Crippen molar-refractivity contribution in [3.05, 3.63) is 99.5 Å². The largest absolute Gasteiger partial charge is 0.491 e. The predicted octanol–water partition coefficient (Wildman–Crippen LogP) is 7.98. The molecule has 4 nitrogen and oxygen atoms in total. The molecule has 7 heteroatoms. The average Bonchev–Trinajstić information content (AvgIpc) is 3.31. The lowest BCUT2D eigenvalue weighted by atomic mass is 9.62. The SMILES string of the molecule is CC1(C)CCC(C)(COB(O)c2ccc(Cl)cc2)c2cc3oc4cc(-c5ccc(Cl)cc5)cc(C5CNC5)c4c3cc21. The van der Waals surface area contributed by atoms with Gasteiger partial charge in [-0.15, -0.1) is 0 Å². The lowest BCUT2D eigenvalue weighted by Gasteiger charge is -2.43. The van der Waals surface area contributed by atoms with Crippen LogP contribution in [0.4, 0.5) is 0 Å². The molecule has 1 aromatic heterocycles. The summed E-state index contributed by atoms with van der Waals surface area (Å²) in [7, 11) is -1.02. The highest BCUT2D eigenvalue weighted by atomic mass is 35.5. The number of hydrogen-bond donors (Lipinski definition) is 2. The number of benzene rings is 4. The van der Waals surface area contributed by atoms with Gasteiger partial charge >= 0.3 is 7.12 Å². The van der Waals surface area contributed by atoms with Gasteiger partial charge in [-0.25, -0.2) is 0 Å². The molecule has 0 spiro atoms. The van der Waals surface area contributed by atoms with Crippen LogP contribution in [0.3, 0.4) is 0 Å². The zero-order valence-corrected chi connectivity index (χ0v) is 25.6. The first-order valence-electron chi connectivity index (χ1n) is 14.7. The van der Waals surface area contributed by atoms with Crippen molar-refractivity contribution in [3.63, 3.8) is 0 Å². The van der Waals surface area contributed by atoms with Gasteiger partial charge in [-0.05, 0) is 100 Å². The van der Waals surface area contributed by atoms with Crippen LogP contribution in [0.1, 0.15) is 56.2 Å². The van der Waals surface area contributed by atoms with Crippen molar-refractivity contribution in [2.45, 2.75) is 50.4 Å². The van der Waals surface area contributed by atoms with E-state index in [4.69, 9.17) is 32.3 Å². The minimum absolute atomic E-state index is 0.00284. The average molecular weight is 598 g/mol. The molecule has 0 amide bonds. The highest BCUT2D eigenvalue weighted by Gasteiger charge is 2.41. The zero-order valence-electron chi connectivity index (χ0n) is 24.1. The second kappa shape index (κ2) is 10.4. The first-order chi connectivity index (χ1) is 20.1. The topological polar surface area (TPSA) is 54.6 Å². The molecule has 1 saturated heterocycles. The highest BCUT2D eigenvalue weighted by molar-refractivity contribution is 6.60. The number of fused-ring (bicyclic) bond motifs is 4. The maximum Gasteiger partial charge on any atom is 0.491 e. The zero-order chi connectivity index (χ0) is 29.2. The molecule has 0 radical (unpaired) electrons. The van der Waals surface area contributed by atoms with Crippen molar-refractivity contribution >= 4 is 57.7 Å². The summed E-state index contributed by atoms with van der Waals surface area (Å²) in [4.78, 5) is 0. The molecule has 1 aliphatic heterocycles. The first kappa shape index (κ1) is 28.0. The van der Waals surface area contributed by atoms with Crippen LogP contribution >= 0.6 is 23.2 Å². The number of nitrogens with one attached hydrogen (secondary N) is 1. The van der Waals surface area contributed by atoms with Crippen LogP contribution in [0, 0.1) is 0 Å². The van der Waals surface area contributed by atoms with Gasteiger partial charge in [-0.3, -0.25) is 0 Å². The summed E-state index contributed by atoms with van der Waals surface area (Å²) in [5.41, 5.74) is 8.39. The fourth-order valence-electron chi connectivity index (χ4n) is 6.68. The van der Waals surface area contributed by atoms with E-state index in [1.165, 1.54) is 27.5 Å². The number of rotatable bonds is 6. The van der Waals surface area contributed by atoms with E-state index in [9.17, 15) is 5.02 Å². The molecule has 42 heavy (non-hydrogen) atoms. The Morgan fingerprint density at radius 2 is 1.55 bits per heavy atom. The molecule has 4 aromatic carbocycles. The van der Waals surface area contributed by atoms with E-state index >= 15 is 0 Å². The van der Waals surface area contributed by atoms with Gasteiger partial charge in [0.1, 0.15) is 11.2 Å². The molecule has 214 valence electrons. The summed E-state index contributed by atoms with van der Waals surface area (Å²) in [5, 5.41) is 18.0. The predicted molar refractivity (Wildman–Crippen MR) is 174 cm³/mol. The quantitative estimate of drug-likeness (QED) is 0.195. The second-order valence-electron chi connectivity index (χ2n) is 13.0. The van der Waals surface area contributed by atoms with Crippen LogP contribution < -0.4 is 10.8 Å². The Morgan fingerprint density at radius 3 is 2.21 bits per heavy atom. The highest BCUT2D eigenvalue weighted by Crippen LogP contribution is 2.49. The van der Waals surface area contributed by atoms with Crippen molar-refractivity contribution in [1.82, 2.24) is 5.32 Å². The summed E-state index contributed by atoms with van der Waals surface area (Å²) in [5.74, 6) is 0.442. The summed E-state index contributed by atoms with van der Waals surface area (Å²) in [6.07, 6.45) is 1.98. The van der Waals surface area contributed by atoms with Gasteiger partial charge in [0.2, 0.25) is 0 Å². The summed E-state index contributed by atoms with van der Waals surface area (Å²) in [6.45, 7) is 9.23. The maximum atomic E-state index is 10.8. The van der Waals surface area contributed by atoms with Crippen LogP contribution in [-0.4, -0.2) is 31.8 Å². The smallest absolute Gasteiger partial charge is 0.456 e. The Hall–Kier alpha value is -2.80. The Balaban J connectivity index is 1.33. The van der Waals surface area contributed by atoms with Gasteiger partial charge in [0, 0.05) is 51.8 Å². The molecule has 0 saturated carbocycles. The fourth-order valence-corrected chi connectivity index (χ4v) is 6.93. The van der Waals surface area contributed by atoms with Gasteiger partial charge < -0.3 is 19.4 Å². The van der Waals surface area contributed by atoms with Crippen molar-refractivity contribution < 1.29 is 14.1 Å². The molecule has 2 N–H and O–H groups in total. The third-order valence-electron chi connectivity index (χ3n) is 9.54. The van der Waals surface area contributed by atoms with E-state index in [0.29, 0.717) is 23.0 Å². The monoisotopic (exact) mass is 597 g/mol. The number of hydrogen-bond acceptors (Lipinski definition) is 4. The molecule has 2 heterocycles. The Morgan fingerprint density at radius 1 is 0.857 bits per heavy atom. The van der Waals surface area contributed by atoms with Crippen LogP contribution in [0.25, 0.3) is 33.1 Å². The Labute approximate surface area is 257 Å². The van der Waals surface area contributed by atoms with Gasteiger partial charge in [-0.1, -0.05) is 68.2 Å². The fraction of sp³-hybridized carbons (Fsp3) is 0.314. The number of halogens is 2. The van der Waals surface area contributed by atoms with Crippen LogP contribution in [-0.2, 0) is 15.5 Å². The molecule has 1 atom stereocenters. The molecule has 1 fully saturated rings. The van der Waals surface area contributed by atoms with Crippen molar-refractivity contribution in [2.24, 2.45) is 0 Å². The van der Waals surface area contributed by atoms with E-state index < -0.39 is 7.12 Å². The molecular weight excluding hydrogens is 564 g/mol. The Kier molecular flexibility index (Phi) is 6.95. The summed E-state index contributed by atoms with van der Waals surface area (Å²) >= 11 is 12.2. The van der Waals surface area contributed by atoms with Gasteiger partial charge in [0.25, 0.3) is 0 Å². The minimum Gasteiger partial charge on any atom is -0.456 e. The summed E-state index contributed by atoms with van der Waals surface area (Å²) < 4.78 is 12.8. The number of furan rings is 1. The van der Waals surface area contributed by atoms with Gasteiger partial charge in [0.15, 0.2) is 0 Å². The van der Waals surface area contributed by atoms with Crippen LogP contribution in [0.5, 0.6) is 0 Å². The molecule has 7 rings (SSSR count). The van der Waals surface area contributed by atoms with E-state index in [2.05, 4.69) is 62.5 Å². The van der Waals surface area contributed by atoms with E-state index in [0.717, 1.165) is 53.2 Å².